The summed E-state index contributed by atoms with van der Waals surface area (Å²) < 4.78 is 0. The molecule has 4 heteroatoms. The fourth-order valence-corrected chi connectivity index (χ4v) is 1.75. The van der Waals surface area contributed by atoms with E-state index < -0.39 is 0 Å². The summed E-state index contributed by atoms with van der Waals surface area (Å²) in [7, 11) is 0. The lowest BCUT2D eigenvalue weighted by molar-refractivity contribution is -0.123. The zero-order valence-electron chi connectivity index (χ0n) is 8.74. The lowest BCUT2D eigenvalue weighted by Gasteiger charge is -2.29. The zero-order chi connectivity index (χ0) is 11.1. The first-order chi connectivity index (χ1) is 7.26. The van der Waals surface area contributed by atoms with Gasteiger partial charge in [-0.25, -0.2) is 0 Å². The SMILES string of the molecule is C#CCNC(=O)CN1CCCC(C=O)C1. The van der Waals surface area contributed by atoms with Crippen LogP contribution in [0.25, 0.3) is 0 Å². The van der Waals surface area contributed by atoms with E-state index in [1.165, 1.54) is 0 Å². The van der Waals surface area contributed by atoms with Crippen molar-refractivity contribution in [2.24, 2.45) is 5.92 Å². The smallest absolute Gasteiger partial charge is 0.234 e. The first-order valence-electron chi connectivity index (χ1n) is 5.14. The third kappa shape index (κ3) is 4.13. The fourth-order valence-electron chi connectivity index (χ4n) is 1.75. The highest BCUT2D eigenvalue weighted by Gasteiger charge is 2.20. The van der Waals surface area contributed by atoms with Crippen LogP contribution in [0.3, 0.4) is 0 Å². The van der Waals surface area contributed by atoms with Crippen LogP contribution in [-0.2, 0) is 9.59 Å². The summed E-state index contributed by atoms with van der Waals surface area (Å²) in [5.74, 6) is 2.36. The largest absolute Gasteiger partial charge is 0.344 e. The van der Waals surface area contributed by atoms with Gasteiger partial charge in [0.05, 0.1) is 13.1 Å². The minimum Gasteiger partial charge on any atom is -0.344 e. The van der Waals surface area contributed by atoms with Gasteiger partial charge in [0.15, 0.2) is 0 Å². The third-order valence-electron chi connectivity index (χ3n) is 2.49. The molecule has 1 saturated heterocycles. The van der Waals surface area contributed by atoms with Crippen molar-refractivity contribution in [2.75, 3.05) is 26.2 Å². The molecule has 0 radical (unpaired) electrons. The van der Waals surface area contributed by atoms with Gasteiger partial charge in [0.25, 0.3) is 0 Å². The van der Waals surface area contributed by atoms with Gasteiger partial charge < -0.3 is 10.1 Å². The molecule has 0 aromatic rings. The number of amides is 1. The molecule has 4 nitrogen and oxygen atoms in total. The standard InChI is InChI=1S/C11H16N2O2/c1-2-5-12-11(15)8-13-6-3-4-10(7-13)9-14/h1,9-10H,3-8H2,(H,12,15). The maximum atomic E-state index is 11.3. The summed E-state index contributed by atoms with van der Waals surface area (Å²) in [6.45, 7) is 2.18. The average Bonchev–Trinajstić information content (AvgIpc) is 2.26. The monoisotopic (exact) mass is 208 g/mol. The zero-order valence-corrected chi connectivity index (χ0v) is 8.74. The van der Waals surface area contributed by atoms with Crippen molar-refractivity contribution in [1.29, 1.82) is 0 Å². The van der Waals surface area contributed by atoms with Crippen molar-refractivity contribution in [3.05, 3.63) is 0 Å². The van der Waals surface area contributed by atoms with Crippen LogP contribution in [0.15, 0.2) is 0 Å². The molecule has 0 aliphatic carbocycles. The van der Waals surface area contributed by atoms with Crippen molar-refractivity contribution in [2.45, 2.75) is 12.8 Å². The van der Waals surface area contributed by atoms with E-state index in [0.29, 0.717) is 13.1 Å². The van der Waals surface area contributed by atoms with Crippen LogP contribution in [-0.4, -0.2) is 43.3 Å². The molecular weight excluding hydrogens is 192 g/mol. The van der Waals surface area contributed by atoms with Crippen LogP contribution >= 0.6 is 0 Å². The van der Waals surface area contributed by atoms with Crippen molar-refractivity contribution < 1.29 is 9.59 Å². The van der Waals surface area contributed by atoms with Crippen molar-refractivity contribution in [1.82, 2.24) is 10.2 Å². The van der Waals surface area contributed by atoms with Gasteiger partial charge in [0.2, 0.25) is 5.91 Å². The van der Waals surface area contributed by atoms with Crippen LogP contribution in [0.4, 0.5) is 0 Å². The molecular formula is C11H16N2O2. The van der Waals surface area contributed by atoms with E-state index in [9.17, 15) is 9.59 Å². The number of piperidine rings is 1. The molecule has 1 aliphatic heterocycles. The molecule has 1 N–H and O–H groups in total. The third-order valence-corrected chi connectivity index (χ3v) is 2.49. The summed E-state index contributed by atoms with van der Waals surface area (Å²) in [5.41, 5.74) is 0. The number of rotatable bonds is 4. The van der Waals surface area contributed by atoms with Crippen LogP contribution in [0, 0.1) is 18.3 Å². The Labute approximate surface area is 90.0 Å². The van der Waals surface area contributed by atoms with Crippen molar-refractivity contribution in [3.8, 4) is 12.3 Å². The number of likely N-dealkylation sites (tertiary alicyclic amines) is 1. The van der Waals surface area contributed by atoms with Gasteiger partial charge in [-0.3, -0.25) is 9.69 Å². The molecule has 1 unspecified atom stereocenters. The Morgan fingerprint density at radius 2 is 2.47 bits per heavy atom. The Morgan fingerprint density at radius 1 is 1.67 bits per heavy atom. The Kier molecular flexibility index (Phi) is 4.85. The number of hydrogen-bond donors (Lipinski definition) is 1. The van der Waals surface area contributed by atoms with Crippen molar-refractivity contribution >= 4 is 12.2 Å². The van der Waals surface area contributed by atoms with Gasteiger partial charge in [-0.1, -0.05) is 5.92 Å². The van der Waals surface area contributed by atoms with Gasteiger partial charge in [0.1, 0.15) is 6.29 Å². The van der Waals surface area contributed by atoms with Crippen LogP contribution in [0.2, 0.25) is 0 Å². The van der Waals surface area contributed by atoms with Crippen LogP contribution < -0.4 is 5.32 Å². The number of carbonyl (C=O) groups is 2. The molecule has 1 heterocycles. The first-order valence-corrected chi connectivity index (χ1v) is 5.14. The van der Waals surface area contributed by atoms with Gasteiger partial charge in [0, 0.05) is 12.5 Å². The number of nitrogens with zero attached hydrogens (tertiary/aromatic N) is 1. The quantitative estimate of drug-likeness (QED) is 0.507. The summed E-state index contributed by atoms with van der Waals surface area (Å²) in [4.78, 5) is 23.9. The maximum Gasteiger partial charge on any atom is 0.234 e. The first kappa shape index (κ1) is 11.7. The Bertz CT molecular complexity index is 270. The second-order valence-electron chi connectivity index (χ2n) is 3.75. The van der Waals surface area contributed by atoms with Gasteiger partial charge in [-0.15, -0.1) is 6.42 Å². The van der Waals surface area contributed by atoms with Gasteiger partial charge in [-0.05, 0) is 19.4 Å². The molecule has 0 aromatic heterocycles. The lowest BCUT2D eigenvalue weighted by atomic mass is 10.00. The predicted molar refractivity (Wildman–Crippen MR) is 57.1 cm³/mol. The van der Waals surface area contributed by atoms with E-state index in [2.05, 4.69) is 11.2 Å². The fraction of sp³-hybridized carbons (Fsp3) is 0.636. The summed E-state index contributed by atoms with van der Waals surface area (Å²) in [5, 5.41) is 2.61. The topological polar surface area (TPSA) is 49.4 Å². The van der Waals surface area contributed by atoms with Gasteiger partial charge >= 0.3 is 0 Å². The molecule has 1 fully saturated rings. The van der Waals surface area contributed by atoms with E-state index in [1.807, 2.05) is 4.90 Å². The second-order valence-corrected chi connectivity index (χ2v) is 3.75. The molecule has 0 spiro atoms. The average molecular weight is 208 g/mol. The molecule has 0 aromatic carbocycles. The van der Waals surface area contributed by atoms with E-state index >= 15 is 0 Å². The van der Waals surface area contributed by atoms with E-state index in [0.717, 1.165) is 25.7 Å². The van der Waals surface area contributed by atoms with E-state index in [4.69, 9.17) is 6.42 Å². The molecule has 1 aliphatic rings. The Balaban J connectivity index is 2.28. The molecule has 0 bridgehead atoms. The number of hydrogen-bond acceptors (Lipinski definition) is 3. The molecule has 1 rings (SSSR count). The molecule has 1 atom stereocenters. The highest BCUT2D eigenvalue weighted by Crippen LogP contribution is 2.13. The Morgan fingerprint density at radius 3 is 3.13 bits per heavy atom. The number of terminal acetylenes is 1. The normalized spacial score (nSPS) is 21.7. The summed E-state index contributed by atoms with van der Waals surface area (Å²) in [6, 6.07) is 0. The summed E-state index contributed by atoms with van der Waals surface area (Å²) >= 11 is 0. The summed E-state index contributed by atoms with van der Waals surface area (Å²) in [6.07, 6.45) is 7.92. The predicted octanol–water partition coefficient (Wildman–Crippen LogP) is -0.353. The Hall–Kier alpha value is -1.34. The lowest BCUT2D eigenvalue weighted by Crippen LogP contribution is -2.42. The number of carbonyl (C=O) groups excluding carboxylic acids is 2. The minimum absolute atomic E-state index is 0.0699. The van der Waals surface area contributed by atoms with Crippen LogP contribution in [0.1, 0.15) is 12.8 Å². The second kappa shape index (κ2) is 6.20. The number of aldehydes is 1. The maximum absolute atomic E-state index is 11.3. The van der Waals surface area contributed by atoms with E-state index in [-0.39, 0.29) is 18.4 Å². The molecule has 0 saturated carbocycles. The molecule has 82 valence electrons. The molecule has 15 heavy (non-hydrogen) atoms. The van der Waals surface area contributed by atoms with Crippen molar-refractivity contribution in [3.63, 3.8) is 0 Å². The molecule has 1 amide bonds. The van der Waals surface area contributed by atoms with Crippen LogP contribution in [0.5, 0.6) is 0 Å². The highest BCUT2D eigenvalue weighted by molar-refractivity contribution is 5.78. The minimum atomic E-state index is -0.0699. The number of nitrogens with one attached hydrogen (secondary N) is 1. The highest BCUT2D eigenvalue weighted by atomic mass is 16.2. The van der Waals surface area contributed by atoms with Gasteiger partial charge in [-0.2, -0.15) is 0 Å². The van der Waals surface area contributed by atoms with E-state index in [1.54, 1.807) is 0 Å².